The SMILES string of the molecule is CCCC(NC(=O)[C@@H]1[C@@H]2[C@H](CN1C(=O)[C@@H](NC(=O)NC1([C@H]3CCCS3(=O)=O)CCCCC1)C(C)(C)C)C2(C)C)C(=O)C(=O)NC1CC1. The average molecular weight is 678 g/mol. The van der Waals surface area contributed by atoms with Crippen LogP contribution in [-0.4, -0.2) is 90.1 Å². The first-order valence-corrected chi connectivity index (χ1v) is 19.4. The summed E-state index contributed by atoms with van der Waals surface area (Å²) in [6.45, 7) is 11.9. The van der Waals surface area contributed by atoms with Gasteiger partial charge in [0.15, 0.2) is 9.84 Å². The number of nitrogens with zero attached hydrogens (tertiary/aromatic N) is 1. The van der Waals surface area contributed by atoms with Crippen LogP contribution in [0.15, 0.2) is 0 Å². The Kier molecular flexibility index (Phi) is 9.82. The van der Waals surface area contributed by atoms with Gasteiger partial charge in [-0.15, -0.1) is 0 Å². The molecule has 2 saturated heterocycles. The van der Waals surface area contributed by atoms with E-state index in [1.54, 1.807) is 4.90 Å². The third-order valence-corrected chi connectivity index (χ3v) is 14.0. The van der Waals surface area contributed by atoms with E-state index in [9.17, 15) is 32.4 Å². The summed E-state index contributed by atoms with van der Waals surface area (Å²) >= 11 is 0. The van der Waals surface area contributed by atoms with Crippen LogP contribution in [0.4, 0.5) is 4.79 Å². The van der Waals surface area contributed by atoms with Crippen molar-refractivity contribution in [1.29, 1.82) is 0 Å². The molecule has 1 unspecified atom stereocenters. The van der Waals surface area contributed by atoms with Crippen molar-refractivity contribution in [1.82, 2.24) is 26.2 Å². The number of carbonyl (C=O) groups excluding carboxylic acids is 5. The molecular formula is C34H55N5O7S. The molecule has 2 aliphatic heterocycles. The molecule has 0 aromatic carbocycles. The normalized spacial score (nSPS) is 30.0. The number of rotatable bonds is 11. The van der Waals surface area contributed by atoms with Crippen LogP contribution in [0.25, 0.3) is 0 Å². The Morgan fingerprint density at radius 3 is 2.15 bits per heavy atom. The predicted molar refractivity (Wildman–Crippen MR) is 177 cm³/mol. The lowest BCUT2D eigenvalue weighted by Gasteiger charge is -2.43. The first-order valence-electron chi connectivity index (χ1n) is 17.7. The number of ketones is 1. The Balaban J connectivity index is 1.34. The Morgan fingerprint density at radius 2 is 1.60 bits per heavy atom. The van der Waals surface area contributed by atoms with E-state index in [4.69, 9.17) is 0 Å². The van der Waals surface area contributed by atoms with Crippen LogP contribution in [0.1, 0.15) is 112 Å². The second-order valence-corrected chi connectivity index (χ2v) is 18.8. The summed E-state index contributed by atoms with van der Waals surface area (Å²) in [5.74, 6) is -2.16. The number of hydrogen-bond acceptors (Lipinski definition) is 7. The molecule has 5 rings (SSSR count). The Morgan fingerprint density at radius 1 is 0.936 bits per heavy atom. The van der Waals surface area contributed by atoms with Crippen LogP contribution >= 0.6 is 0 Å². The number of sulfone groups is 1. The molecule has 0 aromatic rings. The Labute approximate surface area is 279 Å². The van der Waals surface area contributed by atoms with Crippen molar-refractivity contribution in [2.75, 3.05) is 12.3 Å². The van der Waals surface area contributed by atoms with Crippen molar-refractivity contribution in [3.63, 3.8) is 0 Å². The number of likely N-dealkylation sites (tertiary alicyclic amines) is 1. The summed E-state index contributed by atoms with van der Waals surface area (Å²) in [6, 6.07) is -3.43. The number of urea groups is 1. The fourth-order valence-corrected chi connectivity index (χ4v) is 11.0. The van der Waals surface area contributed by atoms with Crippen LogP contribution < -0.4 is 21.3 Å². The van der Waals surface area contributed by atoms with E-state index in [1.165, 1.54) is 0 Å². The minimum absolute atomic E-state index is 0.00925. The predicted octanol–water partition coefficient (Wildman–Crippen LogP) is 2.60. The van der Waals surface area contributed by atoms with Gasteiger partial charge in [-0.1, -0.05) is 67.2 Å². The van der Waals surface area contributed by atoms with Crippen LogP contribution in [0.2, 0.25) is 0 Å². The fourth-order valence-electron chi connectivity index (χ4n) is 8.60. The molecule has 4 N–H and O–H groups in total. The third kappa shape index (κ3) is 7.20. The average Bonchev–Trinajstić information content (AvgIpc) is 3.76. The summed E-state index contributed by atoms with van der Waals surface area (Å²) in [5.41, 5.74) is -1.80. The highest BCUT2D eigenvalue weighted by molar-refractivity contribution is 7.92. The van der Waals surface area contributed by atoms with Gasteiger partial charge in [-0.25, -0.2) is 13.2 Å². The van der Waals surface area contributed by atoms with Gasteiger partial charge in [0.2, 0.25) is 17.6 Å². The zero-order chi connectivity index (χ0) is 34.5. The third-order valence-electron chi connectivity index (χ3n) is 11.5. The topological polar surface area (TPSA) is 171 Å². The maximum absolute atomic E-state index is 14.4. The Bertz CT molecular complexity index is 1380. The van der Waals surface area contributed by atoms with Crippen LogP contribution in [0.3, 0.4) is 0 Å². The molecule has 0 aromatic heterocycles. The van der Waals surface area contributed by atoms with Gasteiger partial charge in [-0.3, -0.25) is 19.2 Å². The lowest BCUT2D eigenvalue weighted by Crippen LogP contribution is -2.65. The molecule has 6 atom stereocenters. The molecule has 12 nitrogen and oxygen atoms in total. The minimum Gasteiger partial charge on any atom is -0.347 e. The molecule has 13 heteroatoms. The molecule has 3 aliphatic carbocycles. The van der Waals surface area contributed by atoms with Gasteiger partial charge in [0, 0.05) is 12.6 Å². The quantitative estimate of drug-likeness (QED) is 0.244. The van der Waals surface area contributed by atoms with E-state index in [0.717, 1.165) is 32.1 Å². The molecular weight excluding hydrogens is 622 g/mol. The Hall–Kier alpha value is -2.70. The van der Waals surface area contributed by atoms with Gasteiger partial charge in [-0.2, -0.15) is 0 Å². The first kappa shape index (κ1) is 35.6. The van der Waals surface area contributed by atoms with E-state index in [-0.39, 0.29) is 29.0 Å². The molecule has 5 aliphatic rings. The highest BCUT2D eigenvalue weighted by atomic mass is 32.2. The maximum Gasteiger partial charge on any atom is 0.315 e. The van der Waals surface area contributed by atoms with Gasteiger partial charge in [0.05, 0.1) is 22.6 Å². The van der Waals surface area contributed by atoms with E-state index in [1.807, 2.05) is 27.7 Å². The summed E-state index contributed by atoms with van der Waals surface area (Å²) in [5, 5.41) is 10.9. The molecule has 0 radical (unpaired) electrons. The van der Waals surface area contributed by atoms with Crippen molar-refractivity contribution in [2.24, 2.45) is 22.7 Å². The number of Topliss-reactive ketones (excluding diaryl/α,β-unsaturated/α-hetero) is 1. The number of amides is 5. The van der Waals surface area contributed by atoms with Crippen molar-refractivity contribution >= 4 is 39.4 Å². The highest BCUT2D eigenvalue weighted by Gasteiger charge is 2.70. The van der Waals surface area contributed by atoms with E-state index in [0.29, 0.717) is 45.1 Å². The summed E-state index contributed by atoms with van der Waals surface area (Å²) in [6.07, 6.45) is 7.40. The lowest BCUT2D eigenvalue weighted by atomic mass is 9.78. The summed E-state index contributed by atoms with van der Waals surface area (Å²) in [4.78, 5) is 69.4. The van der Waals surface area contributed by atoms with Crippen LogP contribution in [-0.2, 0) is 29.0 Å². The molecule has 264 valence electrons. The molecule has 0 spiro atoms. The zero-order valence-electron chi connectivity index (χ0n) is 28.9. The van der Waals surface area contributed by atoms with E-state index < -0.39 is 73.7 Å². The number of piperidine rings is 1. The van der Waals surface area contributed by atoms with Gasteiger partial charge in [0.1, 0.15) is 12.1 Å². The van der Waals surface area contributed by atoms with Crippen molar-refractivity contribution in [3.8, 4) is 0 Å². The van der Waals surface area contributed by atoms with E-state index in [2.05, 4.69) is 35.1 Å². The number of carbonyl (C=O) groups is 5. The molecule has 2 heterocycles. The van der Waals surface area contributed by atoms with Gasteiger partial charge in [0.25, 0.3) is 5.91 Å². The van der Waals surface area contributed by atoms with Crippen molar-refractivity contribution < 1.29 is 32.4 Å². The van der Waals surface area contributed by atoms with Crippen molar-refractivity contribution in [2.45, 2.75) is 147 Å². The second-order valence-electron chi connectivity index (χ2n) is 16.5. The number of nitrogens with one attached hydrogen (secondary N) is 4. The molecule has 47 heavy (non-hydrogen) atoms. The second kappa shape index (κ2) is 13.0. The van der Waals surface area contributed by atoms with Gasteiger partial charge in [-0.05, 0) is 67.6 Å². The van der Waals surface area contributed by atoms with Crippen LogP contribution in [0.5, 0.6) is 0 Å². The van der Waals surface area contributed by atoms with Crippen LogP contribution in [0, 0.1) is 22.7 Å². The van der Waals surface area contributed by atoms with E-state index >= 15 is 0 Å². The summed E-state index contributed by atoms with van der Waals surface area (Å²) in [7, 11) is -3.35. The largest absolute Gasteiger partial charge is 0.347 e. The zero-order valence-corrected chi connectivity index (χ0v) is 29.8. The van der Waals surface area contributed by atoms with Gasteiger partial charge >= 0.3 is 6.03 Å². The lowest BCUT2D eigenvalue weighted by molar-refractivity contribution is -0.145. The smallest absolute Gasteiger partial charge is 0.315 e. The highest BCUT2D eigenvalue weighted by Crippen LogP contribution is 2.65. The fraction of sp³-hybridized carbons (Fsp3) is 0.853. The first-order chi connectivity index (χ1) is 21.9. The monoisotopic (exact) mass is 677 g/mol. The molecule has 5 amide bonds. The number of hydrogen-bond donors (Lipinski definition) is 4. The van der Waals surface area contributed by atoms with Crippen molar-refractivity contribution in [3.05, 3.63) is 0 Å². The van der Waals surface area contributed by atoms with Gasteiger partial charge < -0.3 is 26.2 Å². The number of fused-ring (bicyclic) bond motifs is 1. The molecule has 5 fully saturated rings. The minimum atomic E-state index is -3.35. The molecule has 3 saturated carbocycles. The standard InChI is InChI=1S/C34H55N5O7S/c1-7-12-22(26(40)29(42)35-20-14-15-20)36-28(41)25-24-21(33(24,5)6)19-39(25)30(43)27(32(2,3)4)37-31(44)38-34(16-9-8-10-17-34)23-13-11-18-47(23,45)46/h20-25,27H,7-19H2,1-6H3,(H,35,42)(H,36,41)(H2,37,38,44)/t21-,22?,23+,24-,25-,27+/m0/s1. The maximum atomic E-state index is 14.4. The molecule has 0 bridgehead atoms. The summed E-state index contributed by atoms with van der Waals surface area (Å²) < 4.78 is 26.1.